The molecule has 0 unspecified atom stereocenters. The zero-order valence-corrected chi connectivity index (χ0v) is 14.5. The minimum absolute atomic E-state index is 0.0218. The average Bonchev–Trinajstić information content (AvgIpc) is 2.70. The van der Waals surface area contributed by atoms with Gasteiger partial charge in [0.1, 0.15) is 0 Å². The number of esters is 1. The number of hydrazine groups is 1. The van der Waals surface area contributed by atoms with Crippen molar-refractivity contribution in [1.29, 1.82) is 0 Å². The van der Waals surface area contributed by atoms with Crippen molar-refractivity contribution in [2.24, 2.45) is 0 Å². The van der Waals surface area contributed by atoms with E-state index in [9.17, 15) is 19.5 Å². The standard InChI is InChI=1S/C19H18N2O6/c1-26-16-11-13(7-9-15(16)22)8-10-18(24)27-12-17(23)20-21-19(25)14-5-3-2-4-6-14/h2-11,22H,12H2,1H3,(H,20,23)(H,21,25). The van der Waals surface area contributed by atoms with Crippen molar-refractivity contribution in [1.82, 2.24) is 10.9 Å². The first-order chi connectivity index (χ1) is 13.0. The molecule has 0 saturated carbocycles. The van der Waals surface area contributed by atoms with Gasteiger partial charge in [0.25, 0.3) is 11.8 Å². The molecule has 0 aliphatic carbocycles. The number of ether oxygens (including phenoxy) is 2. The minimum atomic E-state index is -0.744. The number of nitrogens with one attached hydrogen (secondary N) is 2. The Bertz CT molecular complexity index is 849. The van der Waals surface area contributed by atoms with Crippen LogP contribution >= 0.6 is 0 Å². The molecule has 140 valence electrons. The molecule has 0 fully saturated rings. The van der Waals surface area contributed by atoms with Gasteiger partial charge in [0, 0.05) is 11.6 Å². The van der Waals surface area contributed by atoms with Gasteiger partial charge in [-0.15, -0.1) is 0 Å². The summed E-state index contributed by atoms with van der Waals surface area (Å²) in [5.41, 5.74) is 5.34. The van der Waals surface area contributed by atoms with E-state index in [-0.39, 0.29) is 11.5 Å². The molecule has 2 amide bonds. The number of carbonyl (C=O) groups excluding carboxylic acids is 3. The molecule has 27 heavy (non-hydrogen) atoms. The lowest BCUT2D eigenvalue weighted by Crippen LogP contribution is -2.43. The van der Waals surface area contributed by atoms with E-state index in [1.54, 1.807) is 36.4 Å². The highest BCUT2D eigenvalue weighted by atomic mass is 16.5. The molecule has 0 spiro atoms. The van der Waals surface area contributed by atoms with E-state index in [0.717, 1.165) is 6.08 Å². The summed E-state index contributed by atoms with van der Waals surface area (Å²) < 4.78 is 9.74. The molecule has 0 heterocycles. The molecule has 2 aromatic rings. The summed E-state index contributed by atoms with van der Waals surface area (Å²) in [5, 5.41) is 9.50. The van der Waals surface area contributed by atoms with Crippen LogP contribution in [0.15, 0.2) is 54.6 Å². The van der Waals surface area contributed by atoms with Crippen molar-refractivity contribution in [3.8, 4) is 11.5 Å². The Morgan fingerprint density at radius 2 is 1.81 bits per heavy atom. The highest BCUT2D eigenvalue weighted by Gasteiger charge is 2.08. The number of amides is 2. The Morgan fingerprint density at radius 1 is 1.07 bits per heavy atom. The van der Waals surface area contributed by atoms with Crippen LogP contribution in [-0.2, 0) is 14.3 Å². The van der Waals surface area contributed by atoms with E-state index in [2.05, 4.69) is 10.9 Å². The van der Waals surface area contributed by atoms with Crippen molar-refractivity contribution in [3.63, 3.8) is 0 Å². The van der Waals surface area contributed by atoms with E-state index in [0.29, 0.717) is 11.1 Å². The molecule has 2 rings (SSSR count). The summed E-state index contributed by atoms with van der Waals surface area (Å²) in [7, 11) is 1.41. The topological polar surface area (TPSA) is 114 Å². The third kappa shape index (κ3) is 6.20. The summed E-state index contributed by atoms with van der Waals surface area (Å²) in [5.74, 6) is -1.68. The quantitative estimate of drug-likeness (QED) is 0.403. The summed E-state index contributed by atoms with van der Waals surface area (Å²) in [4.78, 5) is 35.0. The first-order valence-electron chi connectivity index (χ1n) is 7.85. The van der Waals surface area contributed by atoms with Gasteiger partial charge >= 0.3 is 5.97 Å². The van der Waals surface area contributed by atoms with E-state index >= 15 is 0 Å². The molecule has 0 aliphatic rings. The highest BCUT2D eigenvalue weighted by molar-refractivity contribution is 5.95. The van der Waals surface area contributed by atoms with Crippen molar-refractivity contribution in [2.45, 2.75) is 0 Å². The Labute approximate surface area is 155 Å². The number of phenols is 1. The van der Waals surface area contributed by atoms with Crippen molar-refractivity contribution >= 4 is 23.9 Å². The zero-order valence-electron chi connectivity index (χ0n) is 14.5. The molecule has 0 aromatic heterocycles. The van der Waals surface area contributed by atoms with Crippen LogP contribution in [0.25, 0.3) is 6.08 Å². The second-order valence-corrected chi connectivity index (χ2v) is 5.24. The van der Waals surface area contributed by atoms with Crippen LogP contribution < -0.4 is 15.6 Å². The third-order valence-electron chi connectivity index (χ3n) is 3.31. The summed E-state index contributed by atoms with van der Waals surface area (Å²) in [6.45, 7) is -0.558. The van der Waals surface area contributed by atoms with Crippen LogP contribution in [0.2, 0.25) is 0 Å². The molecule has 2 aromatic carbocycles. The maximum Gasteiger partial charge on any atom is 0.331 e. The summed E-state index contributed by atoms with van der Waals surface area (Å²) in [6, 6.07) is 12.8. The fourth-order valence-corrected chi connectivity index (χ4v) is 1.97. The van der Waals surface area contributed by atoms with Gasteiger partial charge in [-0.3, -0.25) is 20.4 Å². The molecular weight excluding hydrogens is 352 g/mol. The largest absolute Gasteiger partial charge is 0.504 e. The van der Waals surface area contributed by atoms with Gasteiger partial charge in [-0.2, -0.15) is 0 Å². The van der Waals surface area contributed by atoms with E-state index in [4.69, 9.17) is 9.47 Å². The van der Waals surface area contributed by atoms with Crippen molar-refractivity contribution in [2.75, 3.05) is 13.7 Å². The van der Waals surface area contributed by atoms with Gasteiger partial charge in [0.15, 0.2) is 18.1 Å². The predicted molar refractivity (Wildman–Crippen MR) is 96.7 cm³/mol. The van der Waals surface area contributed by atoms with E-state index in [1.807, 2.05) is 0 Å². The lowest BCUT2D eigenvalue weighted by Gasteiger charge is -2.07. The van der Waals surface area contributed by atoms with Gasteiger partial charge in [-0.1, -0.05) is 24.3 Å². The van der Waals surface area contributed by atoms with Crippen molar-refractivity contribution in [3.05, 3.63) is 65.7 Å². The second kappa shape index (κ2) is 9.62. The Morgan fingerprint density at radius 3 is 2.52 bits per heavy atom. The number of phenolic OH excluding ortho intramolecular Hbond substituents is 1. The van der Waals surface area contributed by atoms with Gasteiger partial charge in [-0.25, -0.2) is 4.79 Å². The van der Waals surface area contributed by atoms with E-state index in [1.165, 1.54) is 25.3 Å². The first-order valence-corrected chi connectivity index (χ1v) is 7.85. The Hall–Kier alpha value is -3.81. The number of hydrogen-bond acceptors (Lipinski definition) is 6. The molecule has 0 atom stereocenters. The predicted octanol–water partition coefficient (Wildman–Crippen LogP) is 1.42. The zero-order chi connectivity index (χ0) is 19.6. The van der Waals surface area contributed by atoms with Gasteiger partial charge < -0.3 is 14.6 Å². The van der Waals surface area contributed by atoms with Crippen LogP contribution in [0.1, 0.15) is 15.9 Å². The van der Waals surface area contributed by atoms with Gasteiger partial charge in [0.05, 0.1) is 7.11 Å². The summed E-state index contributed by atoms with van der Waals surface area (Å²) >= 11 is 0. The van der Waals surface area contributed by atoms with Crippen LogP contribution in [0, 0.1) is 0 Å². The fourth-order valence-electron chi connectivity index (χ4n) is 1.97. The SMILES string of the molecule is COc1cc(C=CC(=O)OCC(=O)NNC(=O)c2ccccc2)ccc1O. The lowest BCUT2D eigenvalue weighted by molar-refractivity contribution is -0.144. The number of hydrogen-bond donors (Lipinski definition) is 3. The monoisotopic (exact) mass is 370 g/mol. The normalized spacial score (nSPS) is 10.3. The number of rotatable bonds is 6. The third-order valence-corrected chi connectivity index (χ3v) is 3.31. The highest BCUT2D eigenvalue weighted by Crippen LogP contribution is 2.26. The Balaban J connectivity index is 1.76. The molecule has 3 N–H and O–H groups in total. The van der Waals surface area contributed by atoms with E-state index < -0.39 is 24.4 Å². The summed E-state index contributed by atoms with van der Waals surface area (Å²) in [6.07, 6.45) is 2.57. The smallest absolute Gasteiger partial charge is 0.331 e. The van der Waals surface area contributed by atoms with Crippen LogP contribution in [0.4, 0.5) is 0 Å². The van der Waals surface area contributed by atoms with Gasteiger partial charge in [-0.05, 0) is 35.9 Å². The molecule has 8 heteroatoms. The fraction of sp³-hybridized carbons (Fsp3) is 0.105. The molecule has 0 aliphatic heterocycles. The first kappa shape index (κ1) is 19.5. The number of methoxy groups -OCH3 is 1. The van der Waals surface area contributed by atoms with Crippen LogP contribution in [0.3, 0.4) is 0 Å². The molecule has 0 saturated heterocycles. The van der Waals surface area contributed by atoms with Gasteiger partial charge in [0.2, 0.25) is 0 Å². The number of carbonyl (C=O) groups is 3. The molecular formula is C19H18N2O6. The second-order valence-electron chi connectivity index (χ2n) is 5.24. The van der Waals surface area contributed by atoms with Crippen LogP contribution in [-0.4, -0.2) is 36.6 Å². The average molecular weight is 370 g/mol. The van der Waals surface area contributed by atoms with Crippen molar-refractivity contribution < 1.29 is 29.0 Å². The minimum Gasteiger partial charge on any atom is -0.504 e. The lowest BCUT2D eigenvalue weighted by atomic mass is 10.2. The number of aromatic hydroxyl groups is 1. The van der Waals surface area contributed by atoms with Crippen LogP contribution in [0.5, 0.6) is 11.5 Å². The molecule has 0 bridgehead atoms. The molecule has 0 radical (unpaired) electrons. The number of benzene rings is 2. The molecule has 8 nitrogen and oxygen atoms in total. The maximum absolute atomic E-state index is 11.8. The Kier molecular flexibility index (Phi) is 6.95. The maximum atomic E-state index is 11.8.